The van der Waals surface area contributed by atoms with Gasteiger partial charge in [-0.05, 0) is 18.6 Å². The number of carbonyl (C=O) groups excluding carboxylic acids is 1. The van der Waals surface area contributed by atoms with Crippen LogP contribution in [-0.4, -0.2) is 23.5 Å². The van der Waals surface area contributed by atoms with Crippen molar-refractivity contribution in [3.63, 3.8) is 0 Å². The summed E-state index contributed by atoms with van der Waals surface area (Å²) in [6, 6.07) is 1.69. The van der Waals surface area contributed by atoms with Crippen LogP contribution in [0.15, 0.2) is 18.2 Å². The third-order valence-electron chi connectivity index (χ3n) is 1.97. The van der Waals surface area contributed by atoms with Gasteiger partial charge in [0.25, 0.3) is 0 Å². The minimum Gasteiger partial charge on any atom is -0.396 e. The van der Waals surface area contributed by atoms with Crippen molar-refractivity contribution in [1.29, 1.82) is 0 Å². The Hall–Kier alpha value is -1.04. The van der Waals surface area contributed by atoms with Crippen LogP contribution < -0.4 is 5.73 Å². The van der Waals surface area contributed by atoms with Crippen LogP contribution in [0.5, 0.6) is 0 Å². The van der Waals surface area contributed by atoms with Crippen molar-refractivity contribution in [2.24, 2.45) is 5.73 Å². The summed E-state index contributed by atoms with van der Waals surface area (Å²) >= 11 is 0. The Morgan fingerprint density at radius 2 is 2.06 bits per heavy atom. The highest BCUT2D eigenvalue weighted by Crippen LogP contribution is 2.12. The molecule has 0 aliphatic carbocycles. The molecule has 0 aliphatic heterocycles. The molecule has 16 heavy (non-hydrogen) atoms. The molecule has 0 saturated carbocycles. The van der Waals surface area contributed by atoms with Crippen molar-refractivity contribution in [3.8, 4) is 0 Å². The number of benzene rings is 1. The second-order valence-corrected chi connectivity index (χ2v) is 3.11. The number of ketones is 1. The predicted molar refractivity (Wildman–Crippen MR) is 57.6 cm³/mol. The largest absolute Gasteiger partial charge is 0.396 e. The van der Waals surface area contributed by atoms with Gasteiger partial charge in [0.1, 0.15) is 11.6 Å². The third-order valence-corrected chi connectivity index (χ3v) is 1.97. The standard InChI is InChI=1S/C10H11F2NO2.ClH/c11-6-1-2-7(8(12)5-6)10(15)9(13)3-4-14;/h1-2,5,9,14H,3-4,13H2;1H. The van der Waals surface area contributed by atoms with E-state index >= 15 is 0 Å². The van der Waals surface area contributed by atoms with E-state index in [1.807, 2.05) is 0 Å². The number of halogens is 3. The Labute approximate surface area is 97.7 Å². The fourth-order valence-corrected chi connectivity index (χ4v) is 1.16. The second kappa shape index (κ2) is 6.52. The first-order valence-corrected chi connectivity index (χ1v) is 4.42. The molecule has 1 rings (SSSR count). The van der Waals surface area contributed by atoms with Crippen LogP contribution in [0.2, 0.25) is 0 Å². The smallest absolute Gasteiger partial charge is 0.182 e. The normalized spacial score (nSPS) is 11.8. The highest BCUT2D eigenvalue weighted by atomic mass is 35.5. The van der Waals surface area contributed by atoms with E-state index in [9.17, 15) is 13.6 Å². The molecule has 0 aliphatic rings. The first-order valence-electron chi connectivity index (χ1n) is 4.42. The Kier molecular flexibility index (Phi) is 6.10. The number of carbonyl (C=O) groups is 1. The number of aliphatic hydroxyl groups is 1. The molecule has 6 heteroatoms. The predicted octanol–water partition coefficient (Wildman–Crippen LogP) is 1.28. The molecule has 1 unspecified atom stereocenters. The van der Waals surface area contributed by atoms with Gasteiger partial charge in [0.15, 0.2) is 5.78 Å². The molecule has 3 N–H and O–H groups in total. The molecule has 1 aromatic carbocycles. The molecule has 3 nitrogen and oxygen atoms in total. The van der Waals surface area contributed by atoms with Crippen LogP contribution in [0.4, 0.5) is 8.78 Å². The zero-order valence-corrected chi connectivity index (χ0v) is 9.14. The monoisotopic (exact) mass is 251 g/mol. The zero-order chi connectivity index (χ0) is 11.4. The Bertz CT molecular complexity index is 374. The van der Waals surface area contributed by atoms with Crippen molar-refractivity contribution in [2.45, 2.75) is 12.5 Å². The second-order valence-electron chi connectivity index (χ2n) is 3.11. The minimum absolute atomic E-state index is 0. The maximum absolute atomic E-state index is 13.1. The summed E-state index contributed by atoms with van der Waals surface area (Å²) in [6.07, 6.45) is 0.0512. The molecule has 1 atom stereocenters. The van der Waals surface area contributed by atoms with Gasteiger partial charge in [-0.25, -0.2) is 8.78 Å². The average Bonchev–Trinajstić information content (AvgIpc) is 2.17. The lowest BCUT2D eigenvalue weighted by atomic mass is 10.0. The molecule has 0 aromatic heterocycles. The number of nitrogens with two attached hydrogens (primary N) is 1. The summed E-state index contributed by atoms with van der Waals surface area (Å²) in [5.41, 5.74) is 5.14. The highest BCUT2D eigenvalue weighted by molar-refractivity contribution is 6.00. The van der Waals surface area contributed by atoms with Crippen molar-refractivity contribution in [1.82, 2.24) is 0 Å². The van der Waals surface area contributed by atoms with E-state index in [0.717, 1.165) is 12.1 Å². The fraction of sp³-hybridized carbons (Fsp3) is 0.300. The molecule has 0 fully saturated rings. The van der Waals surface area contributed by atoms with Gasteiger partial charge in [0.2, 0.25) is 0 Å². The Morgan fingerprint density at radius 3 is 2.56 bits per heavy atom. The fourth-order valence-electron chi connectivity index (χ4n) is 1.16. The quantitative estimate of drug-likeness (QED) is 0.793. The van der Waals surface area contributed by atoms with Crippen molar-refractivity contribution in [2.75, 3.05) is 6.61 Å². The van der Waals surface area contributed by atoms with Gasteiger partial charge in [-0.15, -0.1) is 12.4 Å². The molecule has 0 heterocycles. The summed E-state index contributed by atoms with van der Waals surface area (Å²) < 4.78 is 25.7. The molecule has 0 amide bonds. The van der Waals surface area contributed by atoms with Gasteiger partial charge >= 0.3 is 0 Å². The number of Topliss-reactive ketones (excluding diaryl/α,β-unsaturated/α-hetero) is 1. The van der Waals surface area contributed by atoms with E-state index in [1.54, 1.807) is 0 Å². The first kappa shape index (κ1) is 15.0. The minimum atomic E-state index is -0.963. The van der Waals surface area contributed by atoms with Gasteiger partial charge in [-0.3, -0.25) is 4.79 Å². The topological polar surface area (TPSA) is 63.3 Å². The van der Waals surface area contributed by atoms with Gasteiger partial charge < -0.3 is 10.8 Å². The summed E-state index contributed by atoms with van der Waals surface area (Å²) in [7, 11) is 0. The maximum Gasteiger partial charge on any atom is 0.182 e. The van der Waals surface area contributed by atoms with Gasteiger partial charge in [-0.2, -0.15) is 0 Å². The van der Waals surface area contributed by atoms with Crippen molar-refractivity contribution >= 4 is 18.2 Å². The highest BCUT2D eigenvalue weighted by Gasteiger charge is 2.18. The lowest BCUT2D eigenvalue weighted by Gasteiger charge is -2.09. The van der Waals surface area contributed by atoms with E-state index in [4.69, 9.17) is 10.8 Å². The molecule has 0 bridgehead atoms. The number of aliphatic hydroxyl groups excluding tert-OH is 1. The van der Waals surface area contributed by atoms with Crippen LogP contribution >= 0.6 is 12.4 Å². The van der Waals surface area contributed by atoms with Crippen LogP contribution in [-0.2, 0) is 0 Å². The summed E-state index contributed by atoms with van der Waals surface area (Å²) in [4.78, 5) is 11.5. The number of rotatable bonds is 4. The van der Waals surface area contributed by atoms with Crippen molar-refractivity contribution < 1.29 is 18.7 Å². The molecule has 0 saturated heterocycles. The lowest BCUT2D eigenvalue weighted by molar-refractivity contribution is 0.0941. The Balaban J connectivity index is 0.00000225. The Morgan fingerprint density at radius 1 is 1.44 bits per heavy atom. The van der Waals surface area contributed by atoms with Gasteiger partial charge in [0, 0.05) is 12.7 Å². The molecular weight excluding hydrogens is 240 g/mol. The molecule has 1 aromatic rings. The maximum atomic E-state index is 13.1. The van der Waals surface area contributed by atoms with Gasteiger partial charge in [0.05, 0.1) is 11.6 Å². The summed E-state index contributed by atoms with van der Waals surface area (Å²) in [5.74, 6) is -2.32. The van der Waals surface area contributed by atoms with E-state index < -0.39 is 23.5 Å². The summed E-state index contributed by atoms with van der Waals surface area (Å²) in [5, 5.41) is 8.56. The third kappa shape index (κ3) is 3.52. The van der Waals surface area contributed by atoms with E-state index in [2.05, 4.69) is 0 Å². The van der Waals surface area contributed by atoms with Gasteiger partial charge in [-0.1, -0.05) is 0 Å². The number of hydrogen-bond donors (Lipinski definition) is 2. The number of hydrogen-bond acceptors (Lipinski definition) is 3. The van der Waals surface area contributed by atoms with E-state index in [-0.39, 0.29) is 31.0 Å². The molecule has 0 spiro atoms. The van der Waals surface area contributed by atoms with Crippen LogP contribution in [0.3, 0.4) is 0 Å². The molecular formula is C10H12ClF2NO2. The summed E-state index contributed by atoms with van der Waals surface area (Å²) in [6.45, 7) is -0.254. The molecule has 0 radical (unpaired) electrons. The SMILES string of the molecule is Cl.NC(CCO)C(=O)c1ccc(F)cc1F. The van der Waals surface area contributed by atoms with Crippen LogP contribution in [0, 0.1) is 11.6 Å². The lowest BCUT2D eigenvalue weighted by Crippen LogP contribution is -2.32. The van der Waals surface area contributed by atoms with E-state index in [0.29, 0.717) is 6.07 Å². The molecule has 90 valence electrons. The van der Waals surface area contributed by atoms with Crippen molar-refractivity contribution in [3.05, 3.63) is 35.4 Å². The van der Waals surface area contributed by atoms with E-state index in [1.165, 1.54) is 0 Å². The average molecular weight is 252 g/mol. The first-order chi connectivity index (χ1) is 7.06. The zero-order valence-electron chi connectivity index (χ0n) is 8.32. The van der Waals surface area contributed by atoms with Crippen LogP contribution in [0.1, 0.15) is 16.8 Å². The van der Waals surface area contributed by atoms with Crippen LogP contribution in [0.25, 0.3) is 0 Å².